The molecule has 1 saturated heterocycles. The summed E-state index contributed by atoms with van der Waals surface area (Å²) in [5.74, 6) is 1.35. The summed E-state index contributed by atoms with van der Waals surface area (Å²) in [6.45, 7) is 4.47. The van der Waals surface area contributed by atoms with Crippen LogP contribution in [0.2, 0.25) is 0 Å². The monoisotopic (exact) mass is 334 g/mol. The lowest BCUT2D eigenvalue weighted by molar-refractivity contribution is -0.862. The number of carbonyl (C=O) groups is 2. The van der Waals surface area contributed by atoms with Crippen molar-refractivity contribution in [1.29, 1.82) is 0 Å². The first kappa shape index (κ1) is 18.3. The Morgan fingerprint density at radius 3 is 2.62 bits per heavy atom. The molecular formula is C18H28N3O3+. The minimum Gasteiger partial charge on any atom is -0.497 e. The molecule has 2 N–H and O–H groups in total. The SMILES string of the molecule is COc1ccc(NC(=O)C[NH+](C)CC(=O)N2CCC[C@@H](C)C2)cc1. The Bertz CT molecular complexity index is 559. The minimum atomic E-state index is -0.0996. The first-order valence-electron chi connectivity index (χ1n) is 8.51. The molecule has 1 aromatic rings. The highest BCUT2D eigenvalue weighted by Gasteiger charge is 2.24. The Balaban J connectivity index is 1.77. The number of carbonyl (C=O) groups excluding carboxylic acids is 2. The molecule has 0 spiro atoms. The lowest BCUT2D eigenvalue weighted by Crippen LogP contribution is -3.11. The molecule has 0 bridgehead atoms. The summed E-state index contributed by atoms with van der Waals surface area (Å²) in [5, 5.41) is 2.84. The molecule has 1 fully saturated rings. The third-order valence-corrected chi connectivity index (χ3v) is 4.30. The molecule has 2 atom stereocenters. The fraction of sp³-hybridized carbons (Fsp3) is 0.556. The Morgan fingerprint density at radius 2 is 2.00 bits per heavy atom. The van der Waals surface area contributed by atoms with E-state index in [1.807, 2.05) is 11.9 Å². The van der Waals surface area contributed by atoms with E-state index < -0.39 is 0 Å². The van der Waals surface area contributed by atoms with Crippen molar-refractivity contribution in [2.75, 3.05) is 45.7 Å². The second-order valence-corrected chi connectivity index (χ2v) is 6.67. The summed E-state index contributed by atoms with van der Waals surface area (Å²) in [5.41, 5.74) is 0.727. The Kier molecular flexibility index (Phi) is 6.61. The molecule has 2 rings (SSSR count). The number of benzene rings is 1. The number of hydrogen-bond acceptors (Lipinski definition) is 3. The molecule has 2 amide bonds. The standard InChI is InChI=1S/C18H27N3O3/c1-14-5-4-10-21(11-14)18(23)13-20(2)12-17(22)19-15-6-8-16(24-3)9-7-15/h6-9,14H,4-5,10-13H2,1-3H3,(H,19,22)/p+1/t14-/m1/s1. The Labute approximate surface area is 143 Å². The predicted molar refractivity (Wildman–Crippen MR) is 93.2 cm³/mol. The molecule has 1 aliphatic heterocycles. The van der Waals surface area contributed by atoms with Crippen molar-refractivity contribution in [3.8, 4) is 5.75 Å². The number of nitrogens with one attached hydrogen (secondary N) is 2. The number of nitrogens with zero attached hydrogens (tertiary/aromatic N) is 1. The molecule has 24 heavy (non-hydrogen) atoms. The van der Waals surface area contributed by atoms with Crippen molar-refractivity contribution in [3.05, 3.63) is 24.3 Å². The summed E-state index contributed by atoms with van der Waals surface area (Å²) >= 11 is 0. The Hall–Kier alpha value is -2.08. The van der Waals surface area contributed by atoms with Crippen LogP contribution in [-0.4, -0.2) is 57.1 Å². The van der Waals surface area contributed by atoms with Gasteiger partial charge in [-0.05, 0) is 43.0 Å². The van der Waals surface area contributed by atoms with Crippen molar-refractivity contribution in [2.45, 2.75) is 19.8 Å². The van der Waals surface area contributed by atoms with Crippen LogP contribution in [0.15, 0.2) is 24.3 Å². The van der Waals surface area contributed by atoms with E-state index in [0.29, 0.717) is 12.5 Å². The third kappa shape index (κ3) is 5.53. The molecule has 1 heterocycles. The zero-order valence-corrected chi connectivity index (χ0v) is 14.8. The van der Waals surface area contributed by atoms with Crippen LogP contribution < -0.4 is 15.0 Å². The molecule has 1 unspecified atom stereocenters. The molecule has 0 saturated carbocycles. The van der Waals surface area contributed by atoms with Gasteiger partial charge in [-0.25, -0.2) is 0 Å². The first-order valence-corrected chi connectivity index (χ1v) is 8.51. The number of anilines is 1. The molecule has 0 aromatic heterocycles. The van der Waals surface area contributed by atoms with Crippen LogP contribution >= 0.6 is 0 Å². The second-order valence-electron chi connectivity index (χ2n) is 6.67. The fourth-order valence-electron chi connectivity index (χ4n) is 3.00. The number of likely N-dealkylation sites (N-methyl/N-ethyl adjacent to an activating group) is 1. The first-order chi connectivity index (χ1) is 11.5. The van der Waals surface area contributed by atoms with Gasteiger partial charge in [0.05, 0.1) is 14.2 Å². The number of hydrogen-bond donors (Lipinski definition) is 2. The quantitative estimate of drug-likeness (QED) is 0.792. The summed E-state index contributed by atoms with van der Waals surface area (Å²) < 4.78 is 5.09. The number of quaternary nitrogens is 1. The average molecular weight is 334 g/mol. The number of methoxy groups -OCH3 is 1. The number of amides is 2. The second kappa shape index (κ2) is 8.68. The predicted octanol–water partition coefficient (Wildman–Crippen LogP) is 0.407. The molecule has 0 radical (unpaired) electrons. The van der Waals surface area contributed by atoms with E-state index in [1.54, 1.807) is 31.4 Å². The zero-order chi connectivity index (χ0) is 17.5. The van der Waals surface area contributed by atoms with Crippen LogP contribution in [0, 0.1) is 5.92 Å². The van der Waals surface area contributed by atoms with Gasteiger partial charge in [-0.3, -0.25) is 9.59 Å². The van der Waals surface area contributed by atoms with Crippen molar-refractivity contribution < 1.29 is 19.2 Å². The van der Waals surface area contributed by atoms with Gasteiger partial charge in [0, 0.05) is 18.8 Å². The summed E-state index contributed by atoms with van der Waals surface area (Å²) in [4.78, 5) is 27.2. The van der Waals surface area contributed by atoms with Gasteiger partial charge in [0.25, 0.3) is 11.8 Å². The van der Waals surface area contributed by atoms with E-state index in [-0.39, 0.29) is 18.4 Å². The van der Waals surface area contributed by atoms with Crippen LogP contribution in [0.3, 0.4) is 0 Å². The van der Waals surface area contributed by atoms with Gasteiger partial charge in [0.1, 0.15) is 5.75 Å². The number of piperidine rings is 1. The molecule has 0 aliphatic carbocycles. The maximum absolute atomic E-state index is 12.3. The van der Waals surface area contributed by atoms with Gasteiger partial charge >= 0.3 is 0 Å². The lowest BCUT2D eigenvalue weighted by Gasteiger charge is -2.31. The highest BCUT2D eigenvalue weighted by molar-refractivity contribution is 5.91. The van der Waals surface area contributed by atoms with Gasteiger partial charge < -0.3 is 19.9 Å². The van der Waals surface area contributed by atoms with E-state index >= 15 is 0 Å². The number of likely N-dealkylation sites (tertiary alicyclic amines) is 1. The Morgan fingerprint density at radius 1 is 1.29 bits per heavy atom. The largest absolute Gasteiger partial charge is 0.497 e. The fourth-order valence-corrected chi connectivity index (χ4v) is 3.00. The van der Waals surface area contributed by atoms with Gasteiger partial charge in [0.2, 0.25) is 0 Å². The maximum Gasteiger partial charge on any atom is 0.279 e. The van der Waals surface area contributed by atoms with Crippen molar-refractivity contribution >= 4 is 17.5 Å². The molecule has 6 heteroatoms. The van der Waals surface area contributed by atoms with E-state index in [4.69, 9.17) is 4.74 Å². The topological polar surface area (TPSA) is 63.1 Å². The van der Waals surface area contributed by atoms with Crippen molar-refractivity contribution in [2.24, 2.45) is 5.92 Å². The van der Waals surface area contributed by atoms with E-state index in [1.165, 1.54) is 6.42 Å². The van der Waals surface area contributed by atoms with Crippen molar-refractivity contribution in [3.63, 3.8) is 0 Å². The summed E-state index contributed by atoms with van der Waals surface area (Å²) in [7, 11) is 3.48. The van der Waals surface area contributed by atoms with Gasteiger partial charge in [-0.15, -0.1) is 0 Å². The normalized spacial score (nSPS) is 18.8. The maximum atomic E-state index is 12.3. The molecule has 6 nitrogen and oxygen atoms in total. The molecular weight excluding hydrogens is 306 g/mol. The van der Waals surface area contributed by atoms with Crippen LogP contribution in [0.4, 0.5) is 5.69 Å². The van der Waals surface area contributed by atoms with Crippen LogP contribution in [0.5, 0.6) is 5.75 Å². The van der Waals surface area contributed by atoms with Crippen molar-refractivity contribution in [1.82, 2.24) is 4.90 Å². The summed E-state index contributed by atoms with van der Waals surface area (Å²) in [6, 6.07) is 7.19. The average Bonchev–Trinajstić information content (AvgIpc) is 2.55. The third-order valence-electron chi connectivity index (χ3n) is 4.30. The van der Waals surface area contributed by atoms with E-state index in [0.717, 1.165) is 35.8 Å². The van der Waals surface area contributed by atoms with E-state index in [2.05, 4.69) is 12.2 Å². The smallest absolute Gasteiger partial charge is 0.279 e. The number of rotatable bonds is 6. The number of ether oxygens (including phenoxy) is 1. The molecule has 1 aliphatic rings. The lowest BCUT2D eigenvalue weighted by atomic mass is 10.0. The highest BCUT2D eigenvalue weighted by atomic mass is 16.5. The summed E-state index contributed by atoms with van der Waals surface area (Å²) in [6.07, 6.45) is 2.26. The van der Waals surface area contributed by atoms with Crippen LogP contribution in [0.1, 0.15) is 19.8 Å². The van der Waals surface area contributed by atoms with Gasteiger partial charge in [-0.1, -0.05) is 6.92 Å². The van der Waals surface area contributed by atoms with Gasteiger partial charge in [0.15, 0.2) is 13.1 Å². The minimum absolute atomic E-state index is 0.0996. The molecule has 1 aromatic carbocycles. The molecule has 132 valence electrons. The zero-order valence-electron chi connectivity index (χ0n) is 14.8. The van der Waals surface area contributed by atoms with Crippen LogP contribution in [0.25, 0.3) is 0 Å². The van der Waals surface area contributed by atoms with Crippen LogP contribution in [-0.2, 0) is 9.59 Å². The van der Waals surface area contributed by atoms with E-state index in [9.17, 15) is 9.59 Å². The highest BCUT2D eigenvalue weighted by Crippen LogP contribution is 2.15. The van der Waals surface area contributed by atoms with Gasteiger partial charge in [-0.2, -0.15) is 0 Å².